The molecule has 0 radical (unpaired) electrons. The number of halogens is 3. The van der Waals surface area contributed by atoms with E-state index in [1.54, 1.807) is 0 Å². The lowest BCUT2D eigenvalue weighted by atomic mass is 10.1. The molecule has 0 heterocycles. The van der Waals surface area contributed by atoms with Crippen LogP contribution in [0.2, 0.25) is 0 Å². The van der Waals surface area contributed by atoms with E-state index >= 15 is 0 Å². The third kappa shape index (κ3) is 5.81. The molecule has 0 aromatic carbocycles. The monoisotopic (exact) mass is 267 g/mol. The molecule has 0 aliphatic heterocycles. The molecule has 7 heteroatoms. The first-order valence-corrected chi connectivity index (χ1v) is 5.56. The SMILES string of the molecule is CCOC(=O)/C(=C/[NH2+]CC(C)C)C(=N)C(F)(F)F. The van der Waals surface area contributed by atoms with E-state index in [-0.39, 0.29) is 12.5 Å². The Labute approximate surface area is 104 Å². The van der Waals surface area contributed by atoms with Gasteiger partial charge in [0.05, 0.1) is 13.2 Å². The first-order chi connectivity index (χ1) is 8.20. The third-order valence-electron chi connectivity index (χ3n) is 1.94. The van der Waals surface area contributed by atoms with Gasteiger partial charge in [0.15, 0.2) is 5.71 Å². The van der Waals surface area contributed by atoms with Gasteiger partial charge in [0.25, 0.3) is 0 Å². The molecule has 0 rings (SSSR count). The van der Waals surface area contributed by atoms with Crippen molar-refractivity contribution >= 4 is 11.7 Å². The van der Waals surface area contributed by atoms with Gasteiger partial charge in [-0.2, -0.15) is 13.2 Å². The van der Waals surface area contributed by atoms with Gasteiger partial charge in [-0.3, -0.25) is 5.41 Å². The fourth-order valence-corrected chi connectivity index (χ4v) is 1.07. The maximum Gasteiger partial charge on any atom is 0.433 e. The highest BCUT2D eigenvalue weighted by atomic mass is 19.4. The summed E-state index contributed by atoms with van der Waals surface area (Å²) in [5, 5.41) is 8.42. The summed E-state index contributed by atoms with van der Waals surface area (Å²) >= 11 is 0. The van der Waals surface area contributed by atoms with Crippen LogP contribution in [0.4, 0.5) is 13.2 Å². The first-order valence-electron chi connectivity index (χ1n) is 5.56. The van der Waals surface area contributed by atoms with Crippen molar-refractivity contribution < 1.29 is 28.0 Å². The van der Waals surface area contributed by atoms with Crippen molar-refractivity contribution in [2.45, 2.75) is 26.9 Å². The smallest absolute Gasteiger partial charge is 0.433 e. The Hall–Kier alpha value is -1.37. The van der Waals surface area contributed by atoms with Gasteiger partial charge in [0, 0.05) is 5.92 Å². The molecular formula is C11H18F3N2O2+. The number of ether oxygens (including phenoxy) is 1. The zero-order valence-electron chi connectivity index (χ0n) is 10.6. The van der Waals surface area contributed by atoms with Gasteiger partial charge in [0.1, 0.15) is 11.8 Å². The van der Waals surface area contributed by atoms with Gasteiger partial charge in [-0.25, -0.2) is 4.79 Å². The second kappa shape index (κ2) is 7.15. The predicted octanol–water partition coefficient (Wildman–Crippen LogP) is 1.23. The molecule has 0 fully saturated rings. The van der Waals surface area contributed by atoms with Crippen LogP contribution in [0.3, 0.4) is 0 Å². The number of hydrogen-bond donors (Lipinski definition) is 2. The Bertz CT molecular complexity index is 336. The number of carbonyl (C=O) groups is 1. The standard InChI is InChI=1S/C11H17F3N2O2/c1-4-18-10(17)8(6-16-5-7(2)3)9(15)11(12,13)14/h6-7,15-16H,4-5H2,1-3H3/p+1/b8-6+,15-9?. The van der Waals surface area contributed by atoms with Crippen LogP contribution in [-0.2, 0) is 9.53 Å². The van der Waals surface area contributed by atoms with Crippen LogP contribution < -0.4 is 5.32 Å². The normalized spacial score (nSPS) is 12.7. The number of esters is 1. The zero-order chi connectivity index (χ0) is 14.3. The molecule has 0 saturated carbocycles. The fourth-order valence-electron chi connectivity index (χ4n) is 1.07. The Balaban J connectivity index is 4.94. The lowest BCUT2D eigenvalue weighted by Gasteiger charge is -2.10. The lowest BCUT2D eigenvalue weighted by Crippen LogP contribution is -2.79. The van der Waals surface area contributed by atoms with Crippen LogP contribution >= 0.6 is 0 Å². The maximum absolute atomic E-state index is 12.4. The van der Waals surface area contributed by atoms with E-state index in [1.165, 1.54) is 12.2 Å². The maximum atomic E-state index is 12.4. The Kier molecular flexibility index (Phi) is 6.61. The second-order valence-corrected chi connectivity index (χ2v) is 4.04. The van der Waals surface area contributed by atoms with Crippen molar-refractivity contribution in [1.29, 1.82) is 5.41 Å². The van der Waals surface area contributed by atoms with E-state index in [9.17, 15) is 18.0 Å². The number of alkyl halides is 3. The molecule has 0 aliphatic carbocycles. The van der Waals surface area contributed by atoms with Crippen molar-refractivity contribution in [1.82, 2.24) is 0 Å². The first kappa shape index (κ1) is 16.6. The number of carbonyl (C=O) groups excluding carboxylic acids is 1. The Morgan fingerprint density at radius 2 is 2.00 bits per heavy atom. The highest BCUT2D eigenvalue weighted by Gasteiger charge is 2.40. The third-order valence-corrected chi connectivity index (χ3v) is 1.94. The molecule has 18 heavy (non-hydrogen) atoms. The van der Waals surface area contributed by atoms with Crippen LogP contribution in [0.5, 0.6) is 0 Å². The quantitative estimate of drug-likeness (QED) is 0.432. The predicted molar refractivity (Wildman–Crippen MR) is 60.1 cm³/mol. The summed E-state index contributed by atoms with van der Waals surface area (Å²) in [7, 11) is 0. The number of rotatable bonds is 6. The van der Waals surface area contributed by atoms with E-state index in [2.05, 4.69) is 4.74 Å². The van der Waals surface area contributed by atoms with Gasteiger partial charge >= 0.3 is 12.1 Å². The molecule has 0 saturated heterocycles. The minimum atomic E-state index is -4.86. The summed E-state index contributed by atoms with van der Waals surface area (Å²) in [6.45, 7) is 5.76. The van der Waals surface area contributed by atoms with E-state index in [0.29, 0.717) is 6.54 Å². The number of nitrogens with two attached hydrogens (primary N) is 1. The average molecular weight is 267 g/mol. The topological polar surface area (TPSA) is 66.8 Å². The van der Waals surface area contributed by atoms with Crippen molar-refractivity contribution in [2.75, 3.05) is 13.2 Å². The lowest BCUT2D eigenvalue weighted by molar-refractivity contribution is -0.593. The fraction of sp³-hybridized carbons (Fsp3) is 0.636. The summed E-state index contributed by atoms with van der Waals surface area (Å²) < 4.78 is 41.7. The van der Waals surface area contributed by atoms with E-state index in [1.807, 2.05) is 13.8 Å². The van der Waals surface area contributed by atoms with Crippen LogP contribution in [-0.4, -0.2) is 31.0 Å². The highest BCUT2D eigenvalue weighted by molar-refractivity contribution is 6.20. The van der Waals surface area contributed by atoms with Crippen molar-refractivity contribution in [2.24, 2.45) is 5.92 Å². The molecule has 3 N–H and O–H groups in total. The van der Waals surface area contributed by atoms with Gasteiger partial charge in [-0.15, -0.1) is 0 Å². The molecule has 0 spiro atoms. The molecule has 0 atom stereocenters. The highest BCUT2D eigenvalue weighted by Crippen LogP contribution is 2.21. The average Bonchev–Trinajstić information content (AvgIpc) is 2.22. The van der Waals surface area contributed by atoms with Gasteiger partial charge in [-0.1, -0.05) is 13.8 Å². The molecule has 4 nitrogen and oxygen atoms in total. The largest absolute Gasteiger partial charge is 0.462 e. The molecule has 0 bridgehead atoms. The number of quaternary nitrogens is 1. The van der Waals surface area contributed by atoms with E-state index in [0.717, 1.165) is 6.20 Å². The van der Waals surface area contributed by atoms with E-state index in [4.69, 9.17) is 5.41 Å². The van der Waals surface area contributed by atoms with Crippen molar-refractivity contribution in [3.8, 4) is 0 Å². The molecule has 0 amide bonds. The van der Waals surface area contributed by atoms with Gasteiger partial charge in [-0.05, 0) is 6.92 Å². The minimum Gasteiger partial charge on any atom is -0.462 e. The summed E-state index contributed by atoms with van der Waals surface area (Å²) in [4.78, 5) is 11.4. The molecule has 0 aromatic rings. The molecule has 0 aromatic heterocycles. The summed E-state index contributed by atoms with van der Waals surface area (Å²) in [5.74, 6) is -0.871. The van der Waals surface area contributed by atoms with Gasteiger partial charge in [0.2, 0.25) is 0 Å². The zero-order valence-corrected chi connectivity index (χ0v) is 10.6. The Morgan fingerprint density at radius 1 is 1.44 bits per heavy atom. The van der Waals surface area contributed by atoms with Gasteiger partial charge < -0.3 is 10.1 Å². The second-order valence-electron chi connectivity index (χ2n) is 4.04. The molecule has 0 unspecified atom stereocenters. The molecular weight excluding hydrogens is 249 g/mol. The van der Waals surface area contributed by atoms with Crippen molar-refractivity contribution in [3.63, 3.8) is 0 Å². The number of hydrogen-bond acceptors (Lipinski definition) is 3. The van der Waals surface area contributed by atoms with Crippen molar-refractivity contribution in [3.05, 3.63) is 11.8 Å². The summed E-state index contributed by atoms with van der Waals surface area (Å²) in [6, 6.07) is 0. The molecule has 0 aliphatic rings. The summed E-state index contributed by atoms with van der Waals surface area (Å²) in [5.41, 5.74) is -2.44. The minimum absolute atomic E-state index is 0.0362. The molecule has 104 valence electrons. The number of nitrogens with one attached hydrogen (secondary N) is 1. The van der Waals surface area contributed by atoms with Crippen LogP contribution in [0.25, 0.3) is 0 Å². The van der Waals surface area contributed by atoms with E-state index < -0.39 is 23.4 Å². The van der Waals surface area contributed by atoms with Crippen LogP contribution in [0, 0.1) is 11.3 Å². The Morgan fingerprint density at radius 3 is 2.39 bits per heavy atom. The van der Waals surface area contributed by atoms with Crippen LogP contribution in [0.15, 0.2) is 11.8 Å². The van der Waals surface area contributed by atoms with Crippen LogP contribution in [0.1, 0.15) is 20.8 Å². The summed E-state index contributed by atoms with van der Waals surface area (Å²) in [6.07, 6.45) is -3.85.